The number of carbonyl (C=O) groups is 1. The first-order valence-corrected chi connectivity index (χ1v) is 4.54. The second-order valence-electron chi connectivity index (χ2n) is 3.74. The second kappa shape index (κ2) is 4.58. The Morgan fingerprint density at radius 1 is 1.54 bits per heavy atom. The third-order valence-corrected chi connectivity index (χ3v) is 2.21. The van der Waals surface area contributed by atoms with Crippen molar-refractivity contribution < 1.29 is 15.0 Å². The van der Waals surface area contributed by atoms with Crippen molar-refractivity contribution in [2.45, 2.75) is 39.4 Å². The summed E-state index contributed by atoms with van der Waals surface area (Å²) in [6.07, 6.45) is 1.64. The molecule has 0 aliphatic carbocycles. The van der Waals surface area contributed by atoms with Crippen molar-refractivity contribution in [3.63, 3.8) is 0 Å². The van der Waals surface area contributed by atoms with Gasteiger partial charge in [0.05, 0.1) is 5.92 Å². The van der Waals surface area contributed by atoms with E-state index in [0.717, 1.165) is 12.8 Å². The molecule has 0 fully saturated rings. The Kier molecular flexibility index (Phi) is 4.36. The summed E-state index contributed by atoms with van der Waals surface area (Å²) in [6, 6.07) is 0. The summed E-state index contributed by atoms with van der Waals surface area (Å²) in [6.45, 7) is 4.96. The lowest BCUT2D eigenvalue weighted by molar-refractivity contribution is -0.198. The first-order chi connectivity index (χ1) is 5.80. The second-order valence-corrected chi connectivity index (χ2v) is 3.74. The lowest BCUT2D eigenvalue weighted by Crippen LogP contribution is -2.46. The van der Waals surface area contributed by atoms with E-state index in [9.17, 15) is 15.0 Å². The molecule has 0 saturated carbocycles. The lowest BCUT2D eigenvalue weighted by Gasteiger charge is -2.29. The zero-order valence-corrected chi connectivity index (χ0v) is 8.45. The topological polar surface area (TPSA) is 83.6 Å². The van der Waals surface area contributed by atoms with Gasteiger partial charge in [-0.1, -0.05) is 26.7 Å². The fourth-order valence-electron chi connectivity index (χ4n) is 1.71. The van der Waals surface area contributed by atoms with Crippen LogP contribution in [0.1, 0.15) is 33.6 Å². The molecule has 4 heteroatoms. The van der Waals surface area contributed by atoms with Crippen molar-refractivity contribution in [2.75, 3.05) is 0 Å². The maximum Gasteiger partial charge on any atom is 0.226 e. The molecule has 0 saturated heterocycles. The van der Waals surface area contributed by atoms with E-state index in [-0.39, 0.29) is 5.92 Å². The van der Waals surface area contributed by atoms with Crippen LogP contribution in [0.2, 0.25) is 0 Å². The van der Waals surface area contributed by atoms with Crippen LogP contribution in [0.15, 0.2) is 0 Å². The Hall–Kier alpha value is -0.610. The quantitative estimate of drug-likeness (QED) is 0.541. The van der Waals surface area contributed by atoms with Gasteiger partial charge >= 0.3 is 0 Å². The predicted octanol–water partition coefficient (Wildman–Crippen LogP) is 0.225. The molecule has 0 aromatic rings. The van der Waals surface area contributed by atoms with Crippen LogP contribution in [-0.4, -0.2) is 21.9 Å². The van der Waals surface area contributed by atoms with Gasteiger partial charge in [-0.15, -0.1) is 0 Å². The molecule has 0 spiro atoms. The number of aliphatic hydroxyl groups is 2. The predicted molar refractivity (Wildman–Crippen MR) is 49.6 cm³/mol. The molecule has 4 nitrogen and oxygen atoms in total. The number of primary amides is 1. The van der Waals surface area contributed by atoms with Crippen LogP contribution in [0.5, 0.6) is 0 Å². The van der Waals surface area contributed by atoms with Crippen molar-refractivity contribution in [3.8, 4) is 0 Å². The maximum atomic E-state index is 11.0. The summed E-state index contributed by atoms with van der Waals surface area (Å²) in [4.78, 5) is 11.0. The highest BCUT2D eigenvalue weighted by molar-refractivity contribution is 5.77. The Morgan fingerprint density at radius 2 is 2.00 bits per heavy atom. The molecule has 0 aromatic heterocycles. The number of amides is 1. The van der Waals surface area contributed by atoms with E-state index in [1.165, 1.54) is 6.92 Å². The summed E-state index contributed by atoms with van der Waals surface area (Å²) in [5.74, 6) is -3.68. The van der Waals surface area contributed by atoms with E-state index in [1.807, 2.05) is 6.92 Å². The van der Waals surface area contributed by atoms with Gasteiger partial charge in [-0.3, -0.25) is 4.79 Å². The Labute approximate surface area is 78.7 Å². The number of rotatable bonds is 5. The molecule has 0 bridgehead atoms. The molecule has 0 aromatic carbocycles. The van der Waals surface area contributed by atoms with E-state index < -0.39 is 17.6 Å². The molecular formula is C9H19NO3. The van der Waals surface area contributed by atoms with Crippen LogP contribution in [0, 0.1) is 11.8 Å². The molecule has 0 aliphatic heterocycles. The average Bonchev–Trinajstić information content (AvgIpc) is 1.82. The molecule has 2 atom stereocenters. The van der Waals surface area contributed by atoms with E-state index in [1.54, 1.807) is 6.92 Å². The summed E-state index contributed by atoms with van der Waals surface area (Å²) < 4.78 is 0. The zero-order chi connectivity index (χ0) is 10.6. The third-order valence-electron chi connectivity index (χ3n) is 2.21. The standard InChI is InChI=1S/C9H19NO3/c1-4-5-6(2)7(8(10)11)9(3,12)13/h6-7,12-13H,4-5H2,1-3H3,(H2,10,11). The van der Waals surface area contributed by atoms with E-state index in [2.05, 4.69) is 0 Å². The highest BCUT2D eigenvalue weighted by Gasteiger charge is 2.37. The molecule has 0 radical (unpaired) electrons. The van der Waals surface area contributed by atoms with Crippen molar-refractivity contribution >= 4 is 5.91 Å². The Bertz CT molecular complexity index is 174. The zero-order valence-electron chi connectivity index (χ0n) is 8.45. The van der Waals surface area contributed by atoms with Gasteiger partial charge < -0.3 is 15.9 Å². The van der Waals surface area contributed by atoms with Gasteiger partial charge in [0.15, 0.2) is 5.79 Å². The van der Waals surface area contributed by atoms with Crippen molar-refractivity contribution in [2.24, 2.45) is 17.6 Å². The molecule has 0 aliphatic rings. The van der Waals surface area contributed by atoms with Gasteiger partial charge in [0.1, 0.15) is 0 Å². The maximum absolute atomic E-state index is 11.0. The fourth-order valence-corrected chi connectivity index (χ4v) is 1.71. The number of carbonyl (C=O) groups excluding carboxylic acids is 1. The van der Waals surface area contributed by atoms with Crippen LogP contribution < -0.4 is 5.73 Å². The highest BCUT2D eigenvalue weighted by Crippen LogP contribution is 2.25. The largest absolute Gasteiger partial charge is 0.369 e. The van der Waals surface area contributed by atoms with Crippen LogP contribution in [0.25, 0.3) is 0 Å². The Balaban J connectivity index is 4.52. The van der Waals surface area contributed by atoms with Gasteiger partial charge in [0.25, 0.3) is 0 Å². The molecule has 13 heavy (non-hydrogen) atoms. The summed E-state index contributed by atoms with van der Waals surface area (Å²) >= 11 is 0. The van der Waals surface area contributed by atoms with Crippen molar-refractivity contribution in [3.05, 3.63) is 0 Å². The molecule has 78 valence electrons. The Morgan fingerprint density at radius 3 is 2.23 bits per heavy atom. The highest BCUT2D eigenvalue weighted by atomic mass is 16.5. The minimum atomic E-state index is -2.01. The van der Waals surface area contributed by atoms with Crippen molar-refractivity contribution in [1.29, 1.82) is 0 Å². The van der Waals surface area contributed by atoms with Crippen LogP contribution in [0.4, 0.5) is 0 Å². The van der Waals surface area contributed by atoms with E-state index in [0.29, 0.717) is 0 Å². The van der Waals surface area contributed by atoms with Gasteiger partial charge in [0.2, 0.25) is 5.91 Å². The van der Waals surface area contributed by atoms with Gasteiger partial charge in [-0.25, -0.2) is 0 Å². The molecular weight excluding hydrogens is 170 g/mol. The number of hydrogen-bond acceptors (Lipinski definition) is 3. The van der Waals surface area contributed by atoms with Crippen LogP contribution in [0.3, 0.4) is 0 Å². The van der Waals surface area contributed by atoms with E-state index >= 15 is 0 Å². The third kappa shape index (κ3) is 3.74. The van der Waals surface area contributed by atoms with Gasteiger partial charge in [0, 0.05) is 0 Å². The smallest absolute Gasteiger partial charge is 0.226 e. The number of hydrogen-bond donors (Lipinski definition) is 3. The number of nitrogens with two attached hydrogens (primary N) is 1. The van der Waals surface area contributed by atoms with Crippen molar-refractivity contribution in [1.82, 2.24) is 0 Å². The lowest BCUT2D eigenvalue weighted by atomic mass is 9.84. The monoisotopic (exact) mass is 189 g/mol. The minimum absolute atomic E-state index is 0.109. The summed E-state index contributed by atoms with van der Waals surface area (Å²) in [7, 11) is 0. The van der Waals surface area contributed by atoms with Gasteiger partial charge in [-0.2, -0.15) is 0 Å². The van der Waals surface area contributed by atoms with Gasteiger partial charge in [-0.05, 0) is 12.8 Å². The van der Waals surface area contributed by atoms with E-state index in [4.69, 9.17) is 5.73 Å². The summed E-state index contributed by atoms with van der Waals surface area (Å²) in [5.41, 5.74) is 5.10. The van der Waals surface area contributed by atoms with Crippen LogP contribution in [-0.2, 0) is 4.79 Å². The first kappa shape index (κ1) is 12.4. The fraction of sp³-hybridized carbons (Fsp3) is 0.889. The summed E-state index contributed by atoms with van der Waals surface area (Å²) in [5, 5.41) is 18.6. The first-order valence-electron chi connectivity index (χ1n) is 4.54. The average molecular weight is 189 g/mol. The molecule has 0 rings (SSSR count). The normalized spacial score (nSPS) is 16.7. The molecule has 1 amide bonds. The molecule has 0 heterocycles. The molecule has 4 N–H and O–H groups in total. The molecule has 2 unspecified atom stereocenters. The SMILES string of the molecule is CCCC(C)C(C(N)=O)C(C)(O)O. The minimum Gasteiger partial charge on any atom is -0.369 e. The van der Waals surface area contributed by atoms with Crippen LogP contribution >= 0.6 is 0 Å².